The maximum atomic E-state index is 12.9. The van der Waals surface area contributed by atoms with E-state index in [2.05, 4.69) is 20.6 Å². The van der Waals surface area contributed by atoms with E-state index in [4.69, 9.17) is 9.47 Å². The van der Waals surface area contributed by atoms with E-state index < -0.39 is 17.6 Å². The number of para-hydroxylation sites is 1. The average molecular weight is 382 g/mol. The Morgan fingerprint density at radius 3 is 2.63 bits per heavy atom. The van der Waals surface area contributed by atoms with Crippen LogP contribution in [0.25, 0.3) is 0 Å². The third-order valence-electron chi connectivity index (χ3n) is 3.57. The van der Waals surface area contributed by atoms with Crippen molar-refractivity contribution in [2.75, 3.05) is 27.3 Å². The van der Waals surface area contributed by atoms with Crippen molar-refractivity contribution >= 4 is 5.96 Å². The van der Waals surface area contributed by atoms with Crippen LogP contribution in [0.15, 0.2) is 47.6 Å². The average Bonchev–Trinajstić information content (AvgIpc) is 2.67. The van der Waals surface area contributed by atoms with Gasteiger partial charge in [-0.15, -0.1) is 0 Å². The molecule has 0 aliphatic rings. The van der Waals surface area contributed by atoms with E-state index in [0.717, 1.165) is 17.4 Å². The number of halogens is 3. The quantitative estimate of drug-likeness (QED) is 0.438. The first-order valence-electron chi connectivity index (χ1n) is 8.17. The molecule has 27 heavy (non-hydrogen) atoms. The summed E-state index contributed by atoms with van der Waals surface area (Å²) < 4.78 is 49.1. The summed E-state index contributed by atoms with van der Waals surface area (Å²) in [4.78, 5) is 7.71. The Kier molecular flexibility index (Phi) is 7.27. The molecule has 2 rings (SSSR count). The van der Waals surface area contributed by atoms with Gasteiger partial charge in [0.25, 0.3) is 0 Å². The number of hydrogen-bond donors (Lipinski definition) is 2. The van der Waals surface area contributed by atoms with Crippen molar-refractivity contribution in [3.63, 3.8) is 0 Å². The lowest BCUT2D eigenvalue weighted by Gasteiger charge is -2.15. The largest absolute Gasteiger partial charge is 0.496 e. The van der Waals surface area contributed by atoms with E-state index in [1.165, 1.54) is 12.3 Å². The van der Waals surface area contributed by atoms with Gasteiger partial charge in [-0.1, -0.05) is 18.2 Å². The second-order valence-electron chi connectivity index (χ2n) is 5.37. The monoisotopic (exact) mass is 382 g/mol. The second kappa shape index (κ2) is 9.65. The van der Waals surface area contributed by atoms with Crippen molar-refractivity contribution < 1.29 is 22.6 Å². The molecular formula is C18H21F3N4O2. The van der Waals surface area contributed by atoms with E-state index in [1.807, 2.05) is 24.3 Å². The number of alkyl halides is 3. The minimum absolute atomic E-state index is 0.00451. The number of benzene rings is 1. The minimum atomic E-state index is -4.51. The van der Waals surface area contributed by atoms with Gasteiger partial charge in [0.1, 0.15) is 17.9 Å². The van der Waals surface area contributed by atoms with Crippen LogP contribution in [0.5, 0.6) is 11.6 Å². The number of aliphatic imine (C=N–C) groups is 1. The lowest BCUT2D eigenvalue weighted by molar-refractivity contribution is -0.139. The number of guanidine groups is 1. The molecule has 0 saturated carbocycles. The predicted octanol–water partition coefficient (Wildman–Crippen LogP) is 2.85. The zero-order valence-electron chi connectivity index (χ0n) is 15.0. The summed E-state index contributed by atoms with van der Waals surface area (Å²) in [5.41, 5.74) is 0.0474. The van der Waals surface area contributed by atoms with Gasteiger partial charge >= 0.3 is 6.18 Å². The van der Waals surface area contributed by atoms with Crippen LogP contribution < -0.4 is 20.1 Å². The Balaban J connectivity index is 1.82. The van der Waals surface area contributed by atoms with E-state index in [0.29, 0.717) is 12.5 Å². The summed E-state index contributed by atoms with van der Waals surface area (Å²) in [7, 11) is 3.19. The first-order chi connectivity index (χ1) is 13.0. The van der Waals surface area contributed by atoms with Crippen molar-refractivity contribution in [2.45, 2.75) is 12.7 Å². The van der Waals surface area contributed by atoms with E-state index in [9.17, 15) is 13.2 Å². The predicted molar refractivity (Wildman–Crippen MR) is 95.9 cm³/mol. The van der Waals surface area contributed by atoms with Crippen molar-refractivity contribution in [3.05, 3.63) is 53.7 Å². The molecule has 0 aliphatic heterocycles. The molecule has 0 amide bonds. The third-order valence-corrected chi connectivity index (χ3v) is 3.57. The zero-order valence-corrected chi connectivity index (χ0v) is 15.0. The van der Waals surface area contributed by atoms with Gasteiger partial charge in [-0.25, -0.2) is 4.98 Å². The number of pyridine rings is 1. The van der Waals surface area contributed by atoms with Crippen molar-refractivity contribution in [1.82, 2.24) is 15.6 Å². The van der Waals surface area contributed by atoms with Crippen LogP contribution in [0.4, 0.5) is 13.2 Å². The summed E-state index contributed by atoms with van der Waals surface area (Å²) in [5, 5.41) is 6.07. The highest BCUT2D eigenvalue weighted by molar-refractivity contribution is 5.79. The number of nitrogens with one attached hydrogen (secondary N) is 2. The SMILES string of the molecule is CN=C(NCCOc1ncccc1C(F)(F)F)NCc1ccccc1OC. The molecule has 146 valence electrons. The highest BCUT2D eigenvalue weighted by Crippen LogP contribution is 2.34. The maximum absolute atomic E-state index is 12.9. The van der Waals surface area contributed by atoms with E-state index in [-0.39, 0.29) is 13.2 Å². The summed E-state index contributed by atoms with van der Waals surface area (Å²) in [6.45, 7) is 0.720. The molecule has 2 aromatic rings. The molecule has 0 aliphatic carbocycles. The van der Waals surface area contributed by atoms with Crippen LogP contribution in [-0.2, 0) is 12.7 Å². The van der Waals surface area contributed by atoms with Crippen molar-refractivity contribution in [2.24, 2.45) is 4.99 Å². The highest BCUT2D eigenvalue weighted by atomic mass is 19.4. The van der Waals surface area contributed by atoms with Gasteiger partial charge in [-0.2, -0.15) is 13.2 Å². The molecule has 0 saturated heterocycles. The molecule has 0 bridgehead atoms. The smallest absolute Gasteiger partial charge is 0.421 e. The van der Waals surface area contributed by atoms with Gasteiger partial charge in [0.2, 0.25) is 5.88 Å². The van der Waals surface area contributed by atoms with E-state index >= 15 is 0 Å². The molecule has 6 nitrogen and oxygen atoms in total. The molecule has 1 heterocycles. The van der Waals surface area contributed by atoms with Gasteiger partial charge in [-0.05, 0) is 18.2 Å². The van der Waals surface area contributed by atoms with Gasteiger partial charge in [-0.3, -0.25) is 4.99 Å². The molecular weight excluding hydrogens is 361 g/mol. The summed E-state index contributed by atoms with van der Waals surface area (Å²) in [5.74, 6) is 0.795. The molecule has 1 aromatic heterocycles. The standard InChI is InChI=1S/C18H21F3N4O2/c1-22-17(25-12-13-6-3-4-8-15(13)26-2)24-10-11-27-16-14(18(19,20)21)7-5-9-23-16/h3-9H,10-12H2,1-2H3,(H2,22,24,25). The molecule has 1 aromatic carbocycles. The molecule has 0 spiro atoms. The van der Waals surface area contributed by atoms with Gasteiger partial charge < -0.3 is 20.1 Å². The fraction of sp³-hybridized carbons (Fsp3) is 0.333. The van der Waals surface area contributed by atoms with Gasteiger partial charge in [0.05, 0.1) is 13.7 Å². The Morgan fingerprint density at radius 2 is 1.93 bits per heavy atom. The Bertz CT molecular complexity index is 766. The lowest BCUT2D eigenvalue weighted by Crippen LogP contribution is -2.39. The lowest BCUT2D eigenvalue weighted by atomic mass is 10.2. The van der Waals surface area contributed by atoms with Crippen LogP contribution >= 0.6 is 0 Å². The van der Waals surface area contributed by atoms with Crippen molar-refractivity contribution in [3.8, 4) is 11.6 Å². The van der Waals surface area contributed by atoms with Gasteiger partial charge in [0.15, 0.2) is 5.96 Å². The number of nitrogens with zero attached hydrogens (tertiary/aromatic N) is 2. The maximum Gasteiger partial charge on any atom is 0.421 e. The Labute approximate surface area is 155 Å². The van der Waals surface area contributed by atoms with Crippen LogP contribution in [0.2, 0.25) is 0 Å². The molecule has 9 heteroatoms. The molecule has 2 N–H and O–H groups in total. The molecule has 0 fully saturated rings. The Morgan fingerprint density at radius 1 is 1.15 bits per heavy atom. The first kappa shape index (κ1) is 20.3. The topological polar surface area (TPSA) is 67.8 Å². The van der Waals surface area contributed by atoms with Crippen LogP contribution in [0.1, 0.15) is 11.1 Å². The van der Waals surface area contributed by atoms with Crippen LogP contribution in [0, 0.1) is 0 Å². The van der Waals surface area contributed by atoms with Crippen LogP contribution in [0.3, 0.4) is 0 Å². The minimum Gasteiger partial charge on any atom is -0.496 e. The van der Waals surface area contributed by atoms with Crippen molar-refractivity contribution in [1.29, 1.82) is 0 Å². The van der Waals surface area contributed by atoms with E-state index in [1.54, 1.807) is 14.2 Å². The number of methoxy groups -OCH3 is 1. The molecule has 0 radical (unpaired) electrons. The normalized spacial score (nSPS) is 11.8. The fourth-order valence-corrected chi connectivity index (χ4v) is 2.29. The summed E-state index contributed by atoms with van der Waals surface area (Å²) >= 11 is 0. The fourth-order valence-electron chi connectivity index (χ4n) is 2.29. The summed E-state index contributed by atoms with van der Waals surface area (Å²) in [6, 6.07) is 9.70. The Hall–Kier alpha value is -2.97. The number of aromatic nitrogens is 1. The number of ether oxygens (including phenoxy) is 2. The number of hydrogen-bond acceptors (Lipinski definition) is 4. The molecule has 0 atom stereocenters. The first-order valence-corrected chi connectivity index (χ1v) is 8.17. The second-order valence-corrected chi connectivity index (χ2v) is 5.37. The molecule has 0 unspecified atom stereocenters. The zero-order chi connectivity index (χ0) is 19.7. The third kappa shape index (κ3) is 6.05. The van der Waals surface area contributed by atoms with Gasteiger partial charge in [0, 0.05) is 25.4 Å². The van der Waals surface area contributed by atoms with Crippen LogP contribution in [-0.4, -0.2) is 38.3 Å². The number of rotatable bonds is 7. The summed E-state index contributed by atoms with van der Waals surface area (Å²) in [6.07, 6.45) is -3.25. The highest BCUT2D eigenvalue weighted by Gasteiger charge is 2.34.